The van der Waals surface area contributed by atoms with Gasteiger partial charge in [-0.3, -0.25) is 0 Å². The highest BCUT2D eigenvalue weighted by atomic mass is 16.5. The maximum Gasteiger partial charge on any atom is 0.322 e. The van der Waals surface area contributed by atoms with E-state index in [0.29, 0.717) is 36.9 Å². The minimum atomic E-state index is -0.124. The first-order chi connectivity index (χ1) is 17.1. The number of methoxy groups -OCH3 is 2. The summed E-state index contributed by atoms with van der Waals surface area (Å²) in [6.45, 7) is 3.88. The molecule has 5 rings (SSSR count). The van der Waals surface area contributed by atoms with Crippen molar-refractivity contribution in [3.63, 3.8) is 0 Å². The van der Waals surface area contributed by atoms with Crippen LogP contribution in [0.2, 0.25) is 0 Å². The topological polar surface area (TPSA) is 75.6 Å². The number of aliphatic imine (C=N–C) groups is 1. The molecule has 180 valence electrons. The summed E-state index contributed by atoms with van der Waals surface area (Å²) in [6, 6.07) is 20.7. The number of nitrogens with one attached hydrogen (secondary N) is 1. The van der Waals surface area contributed by atoms with Crippen LogP contribution in [-0.4, -0.2) is 61.6 Å². The molecule has 0 saturated carbocycles. The molecule has 2 heterocycles. The number of benzene rings is 3. The number of carbonyl (C=O) groups is 1. The lowest BCUT2D eigenvalue weighted by Crippen LogP contribution is -2.56. The van der Waals surface area contributed by atoms with Gasteiger partial charge in [-0.1, -0.05) is 18.2 Å². The van der Waals surface area contributed by atoms with Crippen LogP contribution in [0.4, 0.5) is 16.2 Å². The van der Waals surface area contributed by atoms with Crippen LogP contribution in [0.1, 0.15) is 12.5 Å². The Morgan fingerprint density at radius 1 is 1.00 bits per heavy atom. The molecular formula is C27H28N4O4. The number of ether oxygens (including phenoxy) is 3. The van der Waals surface area contributed by atoms with Gasteiger partial charge in [-0.15, -0.1) is 0 Å². The number of urea groups is 1. The van der Waals surface area contributed by atoms with Crippen LogP contribution in [0, 0.1) is 0 Å². The first kappa shape index (κ1) is 22.6. The molecular weight excluding hydrogens is 444 g/mol. The number of anilines is 1. The van der Waals surface area contributed by atoms with Crippen molar-refractivity contribution in [1.29, 1.82) is 0 Å². The van der Waals surface area contributed by atoms with Crippen LogP contribution in [0.25, 0.3) is 0 Å². The van der Waals surface area contributed by atoms with Gasteiger partial charge in [-0.2, -0.15) is 0 Å². The predicted molar refractivity (Wildman–Crippen MR) is 135 cm³/mol. The number of fused-ring (bicyclic) bond motifs is 2. The molecule has 3 aromatic carbocycles. The molecule has 35 heavy (non-hydrogen) atoms. The third-order valence-electron chi connectivity index (χ3n) is 6.27. The third-order valence-corrected chi connectivity index (χ3v) is 6.27. The maximum atomic E-state index is 13.0. The largest absolute Gasteiger partial charge is 0.497 e. The summed E-state index contributed by atoms with van der Waals surface area (Å²) in [7, 11) is 3.25. The van der Waals surface area contributed by atoms with Crippen LogP contribution in [0.15, 0.2) is 71.7 Å². The van der Waals surface area contributed by atoms with E-state index in [0.717, 1.165) is 28.5 Å². The predicted octanol–water partition coefficient (Wildman–Crippen LogP) is 5.13. The molecule has 3 aromatic rings. The van der Waals surface area contributed by atoms with Gasteiger partial charge in [0.1, 0.15) is 17.3 Å². The number of nitrogens with zero attached hydrogens (tertiary/aromatic N) is 3. The van der Waals surface area contributed by atoms with Gasteiger partial charge in [-0.25, -0.2) is 9.79 Å². The Kier molecular flexibility index (Phi) is 6.18. The van der Waals surface area contributed by atoms with E-state index in [1.807, 2.05) is 78.6 Å². The van der Waals surface area contributed by atoms with Crippen LogP contribution >= 0.6 is 0 Å². The Balaban J connectivity index is 1.38. The first-order valence-electron chi connectivity index (χ1n) is 11.6. The lowest BCUT2D eigenvalue weighted by atomic mass is 10.1. The summed E-state index contributed by atoms with van der Waals surface area (Å²) >= 11 is 0. The Morgan fingerprint density at radius 2 is 1.80 bits per heavy atom. The zero-order chi connectivity index (χ0) is 24.4. The summed E-state index contributed by atoms with van der Waals surface area (Å²) in [6.07, 6.45) is 0. The number of rotatable bonds is 3. The normalized spacial score (nSPS) is 16.8. The molecule has 0 unspecified atom stereocenters. The molecule has 2 amide bonds. The van der Waals surface area contributed by atoms with Crippen molar-refractivity contribution in [1.82, 2.24) is 9.80 Å². The summed E-state index contributed by atoms with van der Waals surface area (Å²) in [4.78, 5) is 22.1. The van der Waals surface area contributed by atoms with E-state index < -0.39 is 0 Å². The number of hydrogen-bond donors (Lipinski definition) is 1. The lowest BCUT2D eigenvalue weighted by molar-refractivity contribution is 0.145. The van der Waals surface area contributed by atoms with Gasteiger partial charge in [0.2, 0.25) is 0 Å². The zero-order valence-corrected chi connectivity index (χ0v) is 20.0. The van der Waals surface area contributed by atoms with Crippen LogP contribution in [-0.2, 0) is 0 Å². The fourth-order valence-corrected chi connectivity index (χ4v) is 4.44. The molecule has 1 atom stereocenters. The molecule has 0 aromatic heterocycles. The van der Waals surface area contributed by atoms with Gasteiger partial charge in [-0.05, 0) is 55.5 Å². The Morgan fingerprint density at radius 3 is 2.54 bits per heavy atom. The van der Waals surface area contributed by atoms with E-state index in [1.54, 1.807) is 14.2 Å². The molecule has 0 spiro atoms. The number of para-hydroxylation sites is 3. The van der Waals surface area contributed by atoms with Crippen molar-refractivity contribution < 1.29 is 19.0 Å². The van der Waals surface area contributed by atoms with Crippen LogP contribution in [0.3, 0.4) is 0 Å². The SMILES string of the molecule is COc1ccc(NC(=O)N2CCN(C3=Nc4ccccc4Oc4c(OC)cccc43)C[C@H]2C)cc1. The third kappa shape index (κ3) is 4.47. The summed E-state index contributed by atoms with van der Waals surface area (Å²) in [5, 5.41) is 2.99. The average molecular weight is 473 g/mol. The number of amides is 2. The van der Waals surface area contributed by atoms with E-state index in [4.69, 9.17) is 19.2 Å². The van der Waals surface area contributed by atoms with Crippen molar-refractivity contribution in [2.24, 2.45) is 4.99 Å². The minimum Gasteiger partial charge on any atom is -0.497 e. The van der Waals surface area contributed by atoms with Gasteiger partial charge in [0.05, 0.1) is 19.8 Å². The van der Waals surface area contributed by atoms with Crippen molar-refractivity contribution in [2.45, 2.75) is 13.0 Å². The molecule has 2 aliphatic heterocycles. The molecule has 8 heteroatoms. The highest BCUT2D eigenvalue weighted by Gasteiger charge is 2.32. The van der Waals surface area contributed by atoms with Crippen molar-refractivity contribution in [3.05, 3.63) is 72.3 Å². The molecule has 1 fully saturated rings. The minimum absolute atomic E-state index is 0.0295. The highest BCUT2D eigenvalue weighted by molar-refractivity contribution is 6.04. The fraction of sp³-hybridized carbons (Fsp3) is 0.259. The number of piperazine rings is 1. The van der Waals surface area contributed by atoms with E-state index in [2.05, 4.69) is 10.2 Å². The number of carbonyl (C=O) groups excluding carboxylic acids is 1. The number of hydrogen-bond acceptors (Lipinski definition) is 6. The maximum absolute atomic E-state index is 13.0. The second-order valence-corrected chi connectivity index (χ2v) is 8.49. The van der Waals surface area contributed by atoms with E-state index >= 15 is 0 Å². The Hall–Kier alpha value is -4.20. The molecule has 1 N–H and O–H groups in total. The Labute approximate surface area is 204 Å². The standard InChI is InChI=1S/C27H28N4O4/c1-18-17-30(15-16-31(18)27(32)28-19-11-13-20(33-2)14-12-19)26-21-7-6-10-24(34-3)25(21)35-23-9-5-4-8-22(23)29-26/h4-14,18H,15-17H2,1-3H3,(H,28,32)/t18-/m1/s1. The zero-order valence-electron chi connectivity index (χ0n) is 20.0. The van der Waals surface area contributed by atoms with Gasteiger partial charge >= 0.3 is 6.03 Å². The van der Waals surface area contributed by atoms with Crippen molar-refractivity contribution >= 4 is 23.2 Å². The quantitative estimate of drug-likeness (QED) is 0.572. The van der Waals surface area contributed by atoms with Gasteiger partial charge in [0.15, 0.2) is 17.2 Å². The molecule has 0 radical (unpaired) electrons. The second-order valence-electron chi connectivity index (χ2n) is 8.49. The molecule has 1 saturated heterocycles. The van der Waals surface area contributed by atoms with Crippen molar-refractivity contribution in [3.8, 4) is 23.0 Å². The Bertz CT molecular complexity index is 1260. The number of amidine groups is 1. The van der Waals surface area contributed by atoms with Crippen LogP contribution < -0.4 is 19.5 Å². The highest BCUT2D eigenvalue weighted by Crippen LogP contribution is 2.42. The van der Waals surface area contributed by atoms with Gasteiger partial charge in [0, 0.05) is 31.4 Å². The average Bonchev–Trinajstić information content (AvgIpc) is 3.05. The second kappa shape index (κ2) is 9.58. The first-order valence-corrected chi connectivity index (χ1v) is 11.6. The smallest absolute Gasteiger partial charge is 0.322 e. The molecule has 0 bridgehead atoms. The summed E-state index contributed by atoms with van der Waals surface area (Å²) in [5.74, 6) is 3.53. The van der Waals surface area contributed by atoms with E-state index in [1.165, 1.54) is 0 Å². The van der Waals surface area contributed by atoms with Gasteiger partial charge in [0.25, 0.3) is 0 Å². The monoisotopic (exact) mass is 472 g/mol. The summed E-state index contributed by atoms with van der Waals surface area (Å²) < 4.78 is 17.0. The van der Waals surface area contributed by atoms with Gasteiger partial charge < -0.3 is 29.3 Å². The summed E-state index contributed by atoms with van der Waals surface area (Å²) in [5.41, 5.74) is 2.35. The van der Waals surface area contributed by atoms with E-state index in [9.17, 15) is 4.79 Å². The van der Waals surface area contributed by atoms with Crippen molar-refractivity contribution in [2.75, 3.05) is 39.2 Å². The van der Waals surface area contributed by atoms with Crippen LogP contribution in [0.5, 0.6) is 23.0 Å². The fourth-order valence-electron chi connectivity index (χ4n) is 4.44. The molecule has 0 aliphatic carbocycles. The molecule has 2 aliphatic rings. The lowest BCUT2D eigenvalue weighted by Gasteiger charge is -2.41. The van der Waals surface area contributed by atoms with E-state index in [-0.39, 0.29) is 12.1 Å². The molecule has 8 nitrogen and oxygen atoms in total.